The molecule has 3 aromatic carbocycles. The second-order valence-corrected chi connectivity index (χ2v) is 11.2. The predicted octanol–water partition coefficient (Wildman–Crippen LogP) is 4.76. The Morgan fingerprint density at radius 2 is 1.75 bits per heavy atom. The van der Waals surface area contributed by atoms with Crippen LogP contribution in [0.15, 0.2) is 77.7 Å². The zero-order chi connectivity index (χ0) is 28.9. The molecule has 3 aromatic rings. The van der Waals surface area contributed by atoms with E-state index < -0.39 is 40.1 Å². The van der Waals surface area contributed by atoms with Crippen LogP contribution in [0, 0.1) is 6.92 Å². The van der Waals surface area contributed by atoms with Crippen molar-refractivity contribution in [3.63, 3.8) is 0 Å². The second kappa shape index (κ2) is 12.1. The van der Waals surface area contributed by atoms with E-state index in [1.807, 2.05) is 0 Å². The molecule has 0 aromatic heterocycles. The van der Waals surface area contributed by atoms with Crippen molar-refractivity contribution in [1.82, 2.24) is 5.32 Å². The highest BCUT2D eigenvalue weighted by atomic mass is 32.2. The number of rotatable bonds is 9. The van der Waals surface area contributed by atoms with Gasteiger partial charge in [0, 0.05) is 13.2 Å². The summed E-state index contributed by atoms with van der Waals surface area (Å²) in [6.45, 7) is 1.83. The van der Waals surface area contributed by atoms with Gasteiger partial charge in [-0.25, -0.2) is 8.42 Å². The number of alkyl halides is 3. The van der Waals surface area contributed by atoms with Gasteiger partial charge in [-0.1, -0.05) is 35.9 Å². The number of halogens is 3. The largest absolute Gasteiger partial charge is 0.416 e. The molecule has 1 atom stereocenters. The molecule has 4 rings (SSSR count). The first kappa shape index (κ1) is 29.1. The Morgan fingerprint density at radius 3 is 2.42 bits per heavy atom. The highest BCUT2D eigenvalue weighted by molar-refractivity contribution is 7.92. The van der Waals surface area contributed by atoms with E-state index in [1.54, 1.807) is 31.2 Å². The molecule has 1 aliphatic rings. The molecule has 0 saturated carbocycles. The number of nitrogens with one attached hydrogen (secondary N) is 2. The highest BCUT2D eigenvalue weighted by Gasteiger charge is 2.33. The van der Waals surface area contributed by atoms with Crippen molar-refractivity contribution < 1.29 is 35.9 Å². The summed E-state index contributed by atoms with van der Waals surface area (Å²) >= 11 is 0. The number of sulfonamides is 1. The monoisotopic (exact) mass is 575 g/mol. The fourth-order valence-corrected chi connectivity index (χ4v) is 5.62. The lowest BCUT2D eigenvalue weighted by atomic mass is 10.1. The molecule has 8 nitrogen and oxygen atoms in total. The number of para-hydroxylation sites is 1. The van der Waals surface area contributed by atoms with E-state index in [0.29, 0.717) is 23.5 Å². The minimum absolute atomic E-state index is 0.0984. The van der Waals surface area contributed by atoms with Crippen LogP contribution in [-0.2, 0) is 25.7 Å². The Hall–Kier alpha value is -3.90. The minimum Gasteiger partial charge on any atom is -0.376 e. The molecule has 0 spiro atoms. The summed E-state index contributed by atoms with van der Waals surface area (Å²) in [5.74, 6) is -1.32. The number of carbonyl (C=O) groups excluding carboxylic acids is 2. The molecule has 1 heterocycles. The Balaban J connectivity index is 1.60. The van der Waals surface area contributed by atoms with E-state index >= 15 is 0 Å². The number of anilines is 2. The van der Waals surface area contributed by atoms with E-state index in [-0.39, 0.29) is 27.9 Å². The van der Waals surface area contributed by atoms with Crippen molar-refractivity contribution in [2.75, 3.05) is 29.3 Å². The molecular weight excluding hydrogens is 547 g/mol. The van der Waals surface area contributed by atoms with E-state index in [4.69, 9.17) is 4.74 Å². The van der Waals surface area contributed by atoms with Crippen LogP contribution in [0.4, 0.5) is 24.5 Å². The Kier molecular flexibility index (Phi) is 8.79. The number of ether oxygens (including phenoxy) is 1. The average molecular weight is 576 g/mol. The normalized spacial score (nSPS) is 15.4. The van der Waals surface area contributed by atoms with E-state index in [2.05, 4.69) is 10.6 Å². The first-order chi connectivity index (χ1) is 18.9. The van der Waals surface area contributed by atoms with Gasteiger partial charge in [-0.05, 0) is 62.2 Å². The first-order valence-electron chi connectivity index (χ1n) is 12.5. The zero-order valence-corrected chi connectivity index (χ0v) is 22.4. The SMILES string of the molecule is Cc1ccc(S(=O)(=O)N(CC(=O)Nc2ccccc2C(=O)NC[C@@H]2CCCO2)c2cccc(C(F)(F)F)c2)cc1. The van der Waals surface area contributed by atoms with Gasteiger partial charge in [0.15, 0.2) is 0 Å². The molecule has 0 aliphatic carbocycles. The molecule has 2 amide bonds. The summed E-state index contributed by atoms with van der Waals surface area (Å²) in [4.78, 5) is 25.8. The average Bonchev–Trinajstić information content (AvgIpc) is 3.44. The quantitative estimate of drug-likeness (QED) is 0.383. The molecule has 1 aliphatic heterocycles. The molecular formula is C28H28F3N3O5S. The second-order valence-electron chi connectivity index (χ2n) is 9.31. The number of aryl methyl sites for hydroxylation is 1. The summed E-state index contributed by atoms with van der Waals surface area (Å²) in [5.41, 5.74) is -0.373. The van der Waals surface area contributed by atoms with E-state index in [9.17, 15) is 31.2 Å². The maximum absolute atomic E-state index is 13.6. The van der Waals surface area contributed by atoms with Gasteiger partial charge < -0.3 is 15.4 Å². The van der Waals surface area contributed by atoms with Gasteiger partial charge in [0.1, 0.15) is 6.54 Å². The lowest BCUT2D eigenvalue weighted by Gasteiger charge is -2.25. The van der Waals surface area contributed by atoms with Crippen LogP contribution in [0.3, 0.4) is 0 Å². The third kappa shape index (κ3) is 6.99. The maximum Gasteiger partial charge on any atom is 0.416 e. The predicted molar refractivity (Wildman–Crippen MR) is 144 cm³/mol. The Labute approximate surface area is 230 Å². The molecule has 1 fully saturated rings. The highest BCUT2D eigenvalue weighted by Crippen LogP contribution is 2.33. The van der Waals surface area contributed by atoms with Crippen LogP contribution in [0.25, 0.3) is 0 Å². The lowest BCUT2D eigenvalue weighted by Crippen LogP contribution is -2.38. The van der Waals surface area contributed by atoms with Gasteiger partial charge in [-0.15, -0.1) is 0 Å². The summed E-state index contributed by atoms with van der Waals surface area (Å²) in [7, 11) is -4.45. The number of benzene rings is 3. The third-order valence-corrected chi connectivity index (χ3v) is 8.11. The summed E-state index contributed by atoms with van der Waals surface area (Å²) < 4.78 is 73.6. The zero-order valence-electron chi connectivity index (χ0n) is 21.6. The third-order valence-electron chi connectivity index (χ3n) is 6.32. The van der Waals surface area contributed by atoms with Crippen LogP contribution >= 0.6 is 0 Å². The van der Waals surface area contributed by atoms with Crippen LogP contribution in [0.5, 0.6) is 0 Å². The van der Waals surface area contributed by atoms with Crippen molar-refractivity contribution in [3.8, 4) is 0 Å². The maximum atomic E-state index is 13.6. The summed E-state index contributed by atoms with van der Waals surface area (Å²) in [5, 5.41) is 5.30. The first-order valence-corrected chi connectivity index (χ1v) is 13.9. The molecule has 0 bridgehead atoms. The van der Waals surface area contributed by atoms with E-state index in [0.717, 1.165) is 30.5 Å². The number of hydrogen-bond donors (Lipinski definition) is 2. The van der Waals surface area contributed by atoms with Gasteiger partial charge in [0.25, 0.3) is 15.9 Å². The molecule has 40 heavy (non-hydrogen) atoms. The smallest absolute Gasteiger partial charge is 0.376 e. The minimum atomic E-state index is -4.73. The summed E-state index contributed by atoms with van der Waals surface area (Å²) in [6, 6.07) is 15.6. The van der Waals surface area contributed by atoms with Crippen LogP contribution in [0.2, 0.25) is 0 Å². The van der Waals surface area contributed by atoms with Gasteiger partial charge in [-0.3, -0.25) is 13.9 Å². The molecule has 1 saturated heterocycles. The standard InChI is InChI=1S/C28H28F3N3O5S/c1-19-11-13-23(14-12-19)40(37,38)34(21-7-4-6-20(16-21)28(29,30)31)18-26(35)33-25-10-3-2-9-24(25)27(36)32-17-22-8-5-15-39-22/h2-4,6-7,9-14,16,22H,5,8,15,17-18H2,1H3,(H,32,36)(H,33,35)/t22-/m0/s1. The molecule has 12 heteroatoms. The van der Waals surface area contributed by atoms with Crippen LogP contribution in [-0.4, -0.2) is 46.0 Å². The number of carbonyl (C=O) groups is 2. The van der Waals surface area contributed by atoms with Crippen molar-refractivity contribution in [2.24, 2.45) is 0 Å². The number of hydrogen-bond acceptors (Lipinski definition) is 5. The Morgan fingerprint density at radius 1 is 1.02 bits per heavy atom. The number of amides is 2. The van der Waals surface area contributed by atoms with Gasteiger partial charge in [0.05, 0.1) is 33.5 Å². The summed E-state index contributed by atoms with van der Waals surface area (Å²) in [6.07, 6.45) is -3.10. The molecule has 0 unspecified atom stereocenters. The topological polar surface area (TPSA) is 105 Å². The molecule has 0 radical (unpaired) electrons. The number of nitrogens with zero attached hydrogens (tertiary/aromatic N) is 1. The van der Waals surface area contributed by atoms with Crippen molar-refractivity contribution >= 4 is 33.2 Å². The Bertz CT molecular complexity index is 1470. The fraction of sp³-hybridized carbons (Fsp3) is 0.286. The van der Waals surface area contributed by atoms with Crippen LogP contribution in [0.1, 0.15) is 34.3 Å². The van der Waals surface area contributed by atoms with Crippen molar-refractivity contribution in [2.45, 2.75) is 36.9 Å². The van der Waals surface area contributed by atoms with Gasteiger partial charge >= 0.3 is 6.18 Å². The van der Waals surface area contributed by atoms with Crippen LogP contribution < -0.4 is 14.9 Å². The van der Waals surface area contributed by atoms with Crippen molar-refractivity contribution in [3.05, 3.63) is 89.5 Å². The van der Waals surface area contributed by atoms with E-state index in [1.165, 1.54) is 30.3 Å². The fourth-order valence-electron chi connectivity index (χ4n) is 4.21. The lowest BCUT2D eigenvalue weighted by molar-refractivity contribution is -0.137. The van der Waals surface area contributed by atoms with Gasteiger partial charge in [-0.2, -0.15) is 13.2 Å². The molecule has 212 valence electrons. The molecule has 2 N–H and O–H groups in total. The van der Waals surface area contributed by atoms with Gasteiger partial charge in [0.2, 0.25) is 5.91 Å². The van der Waals surface area contributed by atoms with Crippen molar-refractivity contribution in [1.29, 1.82) is 0 Å².